The predicted molar refractivity (Wildman–Crippen MR) is 87.8 cm³/mol. The van der Waals surface area contributed by atoms with Crippen LogP contribution in [0.2, 0.25) is 0 Å². The molecule has 1 aliphatic heterocycles. The van der Waals surface area contributed by atoms with Crippen LogP contribution in [0.1, 0.15) is 36.4 Å². The number of para-hydroxylation sites is 1. The third-order valence-corrected chi connectivity index (χ3v) is 4.28. The number of amides is 1. The van der Waals surface area contributed by atoms with E-state index < -0.39 is 11.9 Å². The number of rotatable bonds is 5. The second kappa shape index (κ2) is 6.65. The zero-order chi connectivity index (χ0) is 17.3. The van der Waals surface area contributed by atoms with Crippen molar-refractivity contribution in [3.8, 4) is 0 Å². The van der Waals surface area contributed by atoms with Crippen molar-refractivity contribution >= 4 is 22.8 Å². The Morgan fingerprint density at radius 1 is 1.38 bits per heavy atom. The molecule has 0 aliphatic carbocycles. The monoisotopic (exact) mass is 331 g/mol. The second-order valence-electron chi connectivity index (χ2n) is 6.34. The van der Waals surface area contributed by atoms with Gasteiger partial charge in [0, 0.05) is 24.0 Å². The van der Waals surface area contributed by atoms with Gasteiger partial charge in [0.25, 0.3) is 5.91 Å². The number of carbonyl (C=O) groups excluding carboxylic acids is 1. The first-order valence-electron chi connectivity index (χ1n) is 8.11. The van der Waals surface area contributed by atoms with Crippen molar-refractivity contribution < 1.29 is 23.8 Å². The van der Waals surface area contributed by atoms with Gasteiger partial charge in [-0.25, -0.2) is 0 Å². The highest BCUT2D eigenvalue weighted by atomic mass is 16.5. The molecule has 1 N–H and O–H groups in total. The lowest BCUT2D eigenvalue weighted by Gasteiger charge is -2.15. The van der Waals surface area contributed by atoms with Gasteiger partial charge in [-0.05, 0) is 26.3 Å². The van der Waals surface area contributed by atoms with Crippen molar-refractivity contribution in [1.82, 2.24) is 4.90 Å². The fraction of sp³-hybridized carbons (Fsp3) is 0.444. The summed E-state index contributed by atoms with van der Waals surface area (Å²) in [6, 6.07) is 7.46. The van der Waals surface area contributed by atoms with Crippen molar-refractivity contribution in [1.29, 1.82) is 0 Å². The van der Waals surface area contributed by atoms with E-state index in [0.717, 1.165) is 10.9 Å². The molecule has 2 heterocycles. The average molecular weight is 331 g/mol. The minimum atomic E-state index is -0.863. The largest absolute Gasteiger partial charge is 0.481 e. The zero-order valence-corrected chi connectivity index (χ0v) is 13.8. The number of carboxylic acid groups (broad SMARTS) is 1. The lowest BCUT2D eigenvalue weighted by molar-refractivity contribution is -0.141. The number of hydrogen-bond donors (Lipinski definition) is 1. The molecule has 1 aromatic carbocycles. The number of carbonyl (C=O) groups is 2. The smallest absolute Gasteiger partial charge is 0.308 e. The molecule has 0 bridgehead atoms. The number of nitrogens with zero attached hydrogens (tertiary/aromatic N) is 1. The van der Waals surface area contributed by atoms with Crippen LogP contribution in [0.15, 0.2) is 28.7 Å². The van der Waals surface area contributed by atoms with E-state index >= 15 is 0 Å². The number of furan rings is 1. The standard InChI is InChI=1S/C18H21NO5/c1-11(2)23-10-14-13-5-3-4-6-15(13)24-16(14)17(20)19-8-7-12(9-19)18(21)22/h3-6,11-12H,7-10H2,1-2H3,(H,21,22)/t12-/m1/s1. The third kappa shape index (κ3) is 3.14. The summed E-state index contributed by atoms with van der Waals surface area (Å²) in [5.74, 6) is -1.38. The van der Waals surface area contributed by atoms with Crippen molar-refractivity contribution in [2.75, 3.05) is 13.1 Å². The molecule has 6 heteroatoms. The topological polar surface area (TPSA) is 80.0 Å². The summed E-state index contributed by atoms with van der Waals surface area (Å²) in [6.07, 6.45) is 0.504. The lowest BCUT2D eigenvalue weighted by atomic mass is 10.1. The van der Waals surface area contributed by atoms with Crippen LogP contribution < -0.4 is 0 Å². The molecule has 1 atom stereocenters. The van der Waals surface area contributed by atoms with E-state index in [-0.39, 0.29) is 30.9 Å². The quantitative estimate of drug-likeness (QED) is 0.911. The molecule has 24 heavy (non-hydrogen) atoms. The summed E-state index contributed by atoms with van der Waals surface area (Å²) >= 11 is 0. The molecule has 6 nitrogen and oxygen atoms in total. The van der Waals surface area contributed by atoms with Crippen LogP contribution in [-0.4, -0.2) is 41.1 Å². The molecule has 128 valence electrons. The van der Waals surface area contributed by atoms with E-state index in [2.05, 4.69) is 0 Å². The van der Waals surface area contributed by atoms with Gasteiger partial charge in [0.2, 0.25) is 0 Å². The Bertz CT molecular complexity index is 764. The first-order valence-corrected chi connectivity index (χ1v) is 8.11. The lowest BCUT2D eigenvalue weighted by Crippen LogP contribution is -2.30. The Labute approximate surface area is 140 Å². The summed E-state index contributed by atoms with van der Waals surface area (Å²) < 4.78 is 11.5. The van der Waals surface area contributed by atoms with Gasteiger partial charge in [-0.15, -0.1) is 0 Å². The molecule has 3 rings (SSSR count). The Hall–Kier alpha value is -2.34. The van der Waals surface area contributed by atoms with Crippen molar-refractivity contribution in [3.05, 3.63) is 35.6 Å². The number of fused-ring (bicyclic) bond motifs is 1. The SMILES string of the molecule is CC(C)OCc1c(C(=O)N2CC[C@@H](C(=O)O)C2)oc2ccccc12. The summed E-state index contributed by atoms with van der Waals surface area (Å²) in [5, 5.41) is 9.97. The minimum absolute atomic E-state index is 0.0322. The summed E-state index contributed by atoms with van der Waals surface area (Å²) in [5.41, 5.74) is 1.36. The van der Waals surface area contributed by atoms with Gasteiger partial charge in [-0.3, -0.25) is 9.59 Å². The number of ether oxygens (including phenoxy) is 1. The van der Waals surface area contributed by atoms with Gasteiger partial charge < -0.3 is 19.2 Å². The van der Waals surface area contributed by atoms with Crippen molar-refractivity contribution in [2.24, 2.45) is 5.92 Å². The van der Waals surface area contributed by atoms with Gasteiger partial charge in [0.1, 0.15) is 5.58 Å². The van der Waals surface area contributed by atoms with Crippen molar-refractivity contribution in [3.63, 3.8) is 0 Å². The molecule has 0 spiro atoms. The normalized spacial score (nSPS) is 17.8. The fourth-order valence-electron chi connectivity index (χ4n) is 2.95. The minimum Gasteiger partial charge on any atom is -0.481 e. The summed E-state index contributed by atoms with van der Waals surface area (Å²) in [7, 11) is 0. The Balaban J connectivity index is 1.91. The Morgan fingerprint density at radius 2 is 2.12 bits per heavy atom. The van der Waals surface area contributed by atoms with Crippen LogP contribution in [0.25, 0.3) is 11.0 Å². The van der Waals surface area contributed by atoms with E-state index in [4.69, 9.17) is 14.3 Å². The molecule has 1 aromatic heterocycles. The number of likely N-dealkylation sites (tertiary alicyclic amines) is 1. The van der Waals surface area contributed by atoms with Gasteiger partial charge in [-0.2, -0.15) is 0 Å². The maximum absolute atomic E-state index is 12.8. The van der Waals surface area contributed by atoms with E-state index in [9.17, 15) is 9.59 Å². The van der Waals surface area contributed by atoms with Gasteiger partial charge in [0.05, 0.1) is 18.6 Å². The van der Waals surface area contributed by atoms with Gasteiger partial charge in [-0.1, -0.05) is 18.2 Å². The first-order chi connectivity index (χ1) is 11.5. The van der Waals surface area contributed by atoms with Gasteiger partial charge in [0.15, 0.2) is 5.76 Å². The van der Waals surface area contributed by atoms with Crippen LogP contribution in [0.4, 0.5) is 0 Å². The third-order valence-electron chi connectivity index (χ3n) is 4.28. The van der Waals surface area contributed by atoms with E-state index in [1.54, 1.807) is 4.90 Å². The maximum atomic E-state index is 12.8. The highest BCUT2D eigenvalue weighted by molar-refractivity contribution is 5.99. The molecular weight excluding hydrogens is 310 g/mol. The van der Waals surface area contributed by atoms with Crippen LogP contribution in [0, 0.1) is 5.92 Å². The zero-order valence-electron chi connectivity index (χ0n) is 13.8. The van der Waals surface area contributed by atoms with Crippen LogP contribution in [-0.2, 0) is 16.1 Å². The van der Waals surface area contributed by atoms with E-state index in [1.165, 1.54) is 0 Å². The van der Waals surface area contributed by atoms with Crippen molar-refractivity contribution in [2.45, 2.75) is 33.0 Å². The summed E-state index contributed by atoms with van der Waals surface area (Å²) in [6.45, 7) is 4.79. The molecule has 0 radical (unpaired) electrons. The second-order valence-corrected chi connectivity index (χ2v) is 6.34. The molecule has 1 saturated heterocycles. The highest BCUT2D eigenvalue weighted by Gasteiger charge is 2.34. The number of benzene rings is 1. The molecule has 0 saturated carbocycles. The van der Waals surface area contributed by atoms with Crippen LogP contribution in [0.3, 0.4) is 0 Å². The predicted octanol–water partition coefficient (Wildman–Crippen LogP) is 2.90. The molecular formula is C18H21NO5. The molecule has 0 unspecified atom stereocenters. The van der Waals surface area contributed by atoms with E-state index in [1.807, 2.05) is 38.1 Å². The number of carboxylic acids is 1. The first kappa shape index (κ1) is 16.5. The van der Waals surface area contributed by atoms with Crippen LogP contribution in [0.5, 0.6) is 0 Å². The molecule has 1 fully saturated rings. The highest BCUT2D eigenvalue weighted by Crippen LogP contribution is 2.29. The summed E-state index contributed by atoms with van der Waals surface area (Å²) in [4.78, 5) is 25.5. The average Bonchev–Trinajstić information content (AvgIpc) is 3.17. The Morgan fingerprint density at radius 3 is 2.79 bits per heavy atom. The Kier molecular flexibility index (Phi) is 4.57. The molecule has 1 amide bonds. The number of hydrogen-bond acceptors (Lipinski definition) is 4. The van der Waals surface area contributed by atoms with Crippen LogP contribution >= 0.6 is 0 Å². The number of aliphatic carboxylic acids is 1. The maximum Gasteiger partial charge on any atom is 0.308 e. The van der Waals surface area contributed by atoms with E-state index in [0.29, 0.717) is 18.5 Å². The fourth-order valence-corrected chi connectivity index (χ4v) is 2.95. The van der Waals surface area contributed by atoms with Gasteiger partial charge >= 0.3 is 5.97 Å². The molecule has 1 aliphatic rings. The molecule has 2 aromatic rings.